The number of nitrogen functional groups attached to an aromatic ring is 1. The van der Waals surface area contributed by atoms with Crippen molar-refractivity contribution in [1.82, 2.24) is 14.2 Å². The first kappa shape index (κ1) is 17.4. The second kappa shape index (κ2) is 6.65. The Morgan fingerprint density at radius 1 is 1.26 bits per heavy atom. The number of hydrogen-bond donors (Lipinski definition) is 1. The second-order valence-electron chi connectivity index (χ2n) is 5.17. The number of carbonyl (C=O) groups excluding carboxylic acids is 1. The maximum Gasteiger partial charge on any atom is 0.254 e. The molecule has 2 aromatic rings. The van der Waals surface area contributed by atoms with Crippen molar-refractivity contribution in [3.8, 4) is 0 Å². The molecule has 2 rings (SSSR count). The van der Waals surface area contributed by atoms with E-state index in [0.29, 0.717) is 6.54 Å². The fourth-order valence-corrected chi connectivity index (χ4v) is 3.58. The summed E-state index contributed by atoms with van der Waals surface area (Å²) in [6.45, 7) is 0.348. The minimum atomic E-state index is -3.66. The van der Waals surface area contributed by atoms with Crippen LogP contribution in [0.1, 0.15) is 15.4 Å². The number of nitrogens with two attached hydrogens (primary N) is 1. The number of sulfonamides is 1. The molecule has 0 saturated heterocycles. The third kappa shape index (κ3) is 3.87. The molecular weight excluding hydrogens is 336 g/mol. The van der Waals surface area contributed by atoms with Crippen LogP contribution in [0.3, 0.4) is 0 Å². The van der Waals surface area contributed by atoms with Gasteiger partial charge in [-0.25, -0.2) is 17.7 Å². The highest BCUT2D eigenvalue weighted by atomic mass is 32.2. The van der Waals surface area contributed by atoms with Crippen LogP contribution in [0.2, 0.25) is 0 Å². The van der Waals surface area contributed by atoms with Gasteiger partial charge in [-0.1, -0.05) is 0 Å². The van der Waals surface area contributed by atoms with Gasteiger partial charge in [0.25, 0.3) is 5.91 Å². The zero-order chi connectivity index (χ0) is 17.2. The summed E-state index contributed by atoms with van der Waals surface area (Å²) in [6.07, 6.45) is 1.67. The van der Waals surface area contributed by atoms with Crippen molar-refractivity contribution in [2.45, 2.75) is 11.4 Å². The van der Waals surface area contributed by atoms with Crippen LogP contribution >= 0.6 is 11.3 Å². The van der Waals surface area contributed by atoms with Gasteiger partial charge in [0, 0.05) is 44.0 Å². The molecule has 7 nitrogen and oxygen atoms in total. The van der Waals surface area contributed by atoms with Crippen LogP contribution in [0, 0.1) is 0 Å². The molecule has 0 fully saturated rings. The van der Waals surface area contributed by atoms with E-state index in [1.165, 1.54) is 48.5 Å². The van der Waals surface area contributed by atoms with E-state index in [9.17, 15) is 13.2 Å². The first-order valence-corrected chi connectivity index (χ1v) is 9.00. The van der Waals surface area contributed by atoms with E-state index in [-0.39, 0.29) is 22.1 Å². The Morgan fingerprint density at radius 3 is 2.52 bits per heavy atom. The topological polar surface area (TPSA) is 96.6 Å². The highest BCUT2D eigenvalue weighted by molar-refractivity contribution is 7.89. The lowest BCUT2D eigenvalue weighted by Crippen LogP contribution is -2.27. The standard InChI is InChI=1S/C14H18N4O3S2/c1-17(2)23(20,21)12-7-10(6-11(15)8-12)14(19)18(3)9-13-16-4-5-22-13/h4-8H,9,15H2,1-3H3. The summed E-state index contributed by atoms with van der Waals surface area (Å²) in [4.78, 5) is 18.1. The molecule has 0 aliphatic heterocycles. The normalized spacial score (nSPS) is 11.7. The van der Waals surface area contributed by atoms with Crippen molar-refractivity contribution in [3.63, 3.8) is 0 Å². The van der Waals surface area contributed by atoms with Gasteiger partial charge in [-0.15, -0.1) is 11.3 Å². The van der Waals surface area contributed by atoms with Gasteiger partial charge >= 0.3 is 0 Å². The second-order valence-corrected chi connectivity index (χ2v) is 8.30. The molecule has 9 heteroatoms. The summed E-state index contributed by atoms with van der Waals surface area (Å²) in [5.74, 6) is -0.317. The number of hydrogen-bond acceptors (Lipinski definition) is 6. The van der Waals surface area contributed by atoms with Crippen LogP contribution in [0.4, 0.5) is 5.69 Å². The zero-order valence-electron chi connectivity index (χ0n) is 13.1. The van der Waals surface area contributed by atoms with Crippen molar-refractivity contribution >= 4 is 33.0 Å². The Kier molecular flexibility index (Phi) is 5.03. The molecule has 0 saturated carbocycles. The first-order chi connectivity index (χ1) is 10.7. The maximum absolute atomic E-state index is 12.5. The number of amides is 1. The third-order valence-electron chi connectivity index (χ3n) is 3.16. The number of anilines is 1. The van der Waals surface area contributed by atoms with E-state index >= 15 is 0 Å². The van der Waals surface area contributed by atoms with E-state index in [2.05, 4.69) is 4.98 Å². The lowest BCUT2D eigenvalue weighted by Gasteiger charge is -2.17. The van der Waals surface area contributed by atoms with Crippen molar-refractivity contribution in [2.24, 2.45) is 0 Å². The summed E-state index contributed by atoms with van der Waals surface area (Å²) >= 11 is 1.45. The van der Waals surface area contributed by atoms with E-state index < -0.39 is 10.0 Å². The molecule has 0 aliphatic carbocycles. The van der Waals surface area contributed by atoms with Crippen LogP contribution in [0.15, 0.2) is 34.7 Å². The average Bonchev–Trinajstić information content (AvgIpc) is 2.98. The molecule has 0 radical (unpaired) electrons. The van der Waals surface area contributed by atoms with Crippen molar-refractivity contribution in [1.29, 1.82) is 0 Å². The molecule has 124 valence electrons. The number of aromatic nitrogens is 1. The SMILES string of the molecule is CN(Cc1nccs1)C(=O)c1cc(N)cc(S(=O)(=O)N(C)C)c1. The summed E-state index contributed by atoms with van der Waals surface area (Å²) in [7, 11) is 0.824. The lowest BCUT2D eigenvalue weighted by atomic mass is 10.2. The van der Waals surface area contributed by atoms with Gasteiger partial charge in [-0.2, -0.15) is 0 Å². The van der Waals surface area contributed by atoms with Crippen LogP contribution in [0.5, 0.6) is 0 Å². The van der Waals surface area contributed by atoms with Gasteiger partial charge in [0.2, 0.25) is 10.0 Å². The minimum absolute atomic E-state index is 0.00602. The number of benzene rings is 1. The fourth-order valence-electron chi connectivity index (χ4n) is 1.93. The Hall–Kier alpha value is -1.97. The van der Waals surface area contributed by atoms with Crippen molar-refractivity contribution in [2.75, 3.05) is 26.9 Å². The molecule has 1 heterocycles. The van der Waals surface area contributed by atoms with Gasteiger partial charge in [0.05, 0.1) is 11.4 Å². The van der Waals surface area contributed by atoms with E-state index in [4.69, 9.17) is 5.73 Å². The van der Waals surface area contributed by atoms with Crippen LogP contribution < -0.4 is 5.73 Å². The summed E-state index contributed by atoms with van der Waals surface area (Å²) in [5, 5.41) is 2.63. The lowest BCUT2D eigenvalue weighted by molar-refractivity contribution is 0.0785. The van der Waals surface area contributed by atoms with Gasteiger partial charge in [0.15, 0.2) is 0 Å². The van der Waals surface area contributed by atoms with E-state index in [0.717, 1.165) is 9.31 Å². The Labute approximate surface area is 139 Å². The third-order valence-corrected chi connectivity index (χ3v) is 5.71. The number of thiazole rings is 1. The Balaban J connectivity index is 2.32. The van der Waals surface area contributed by atoms with Crippen LogP contribution in [0.25, 0.3) is 0 Å². The van der Waals surface area contributed by atoms with Gasteiger partial charge in [-0.05, 0) is 18.2 Å². The largest absolute Gasteiger partial charge is 0.399 e. The summed E-state index contributed by atoms with van der Waals surface area (Å²) in [5.41, 5.74) is 6.21. The van der Waals surface area contributed by atoms with Crippen LogP contribution in [-0.4, -0.2) is 49.7 Å². The molecule has 1 amide bonds. The van der Waals surface area contributed by atoms with E-state index in [1.54, 1.807) is 13.2 Å². The van der Waals surface area contributed by atoms with E-state index in [1.807, 2.05) is 5.38 Å². The van der Waals surface area contributed by atoms with Gasteiger partial charge in [0.1, 0.15) is 5.01 Å². The molecule has 0 spiro atoms. The number of carbonyl (C=O) groups is 1. The quantitative estimate of drug-likeness (QED) is 0.815. The highest BCUT2D eigenvalue weighted by Gasteiger charge is 2.21. The van der Waals surface area contributed by atoms with Gasteiger partial charge in [-0.3, -0.25) is 4.79 Å². The molecule has 0 unspecified atom stereocenters. The highest BCUT2D eigenvalue weighted by Crippen LogP contribution is 2.21. The van der Waals surface area contributed by atoms with Crippen LogP contribution in [-0.2, 0) is 16.6 Å². The first-order valence-electron chi connectivity index (χ1n) is 6.68. The summed E-state index contributed by atoms with van der Waals surface area (Å²) < 4.78 is 25.5. The molecule has 2 N–H and O–H groups in total. The van der Waals surface area contributed by atoms with Gasteiger partial charge < -0.3 is 10.6 Å². The fraction of sp³-hybridized carbons (Fsp3) is 0.286. The maximum atomic E-state index is 12.5. The molecule has 0 atom stereocenters. The predicted molar refractivity (Wildman–Crippen MR) is 89.6 cm³/mol. The Morgan fingerprint density at radius 2 is 1.96 bits per heavy atom. The average molecular weight is 354 g/mol. The molecule has 1 aromatic carbocycles. The molecule has 0 aliphatic rings. The molecule has 1 aromatic heterocycles. The van der Waals surface area contributed by atoms with Crippen molar-refractivity contribution < 1.29 is 13.2 Å². The zero-order valence-corrected chi connectivity index (χ0v) is 14.7. The number of nitrogens with zero attached hydrogens (tertiary/aromatic N) is 3. The number of rotatable bonds is 5. The monoisotopic (exact) mass is 354 g/mol. The predicted octanol–water partition coefficient (Wildman–Crippen LogP) is 1.25. The Bertz CT molecular complexity index is 801. The smallest absolute Gasteiger partial charge is 0.254 e. The van der Waals surface area contributed by atoms with Crippen molar-refractivity contribution in [3.05, 3.63) is 40.3 Å². The molecule has 23 heavy (non-hydrogen) atoms. The minimum Gasteiger partial charge on any atom is -0.399 e. The molecular formula is C14H18N4O3S2. The summed E-state index contributed by atoms with van der Waals surface area (Å²) in [6, 6.07) is 4.15. The molecule has 0 bridgehead atoms.